The standard InChI is InChI=1S/C24H32N2O3/c1-18(2)17-22(27)26-23(21-13-8-5-9-14-21)24(28)25-15-10-16-29-19(3)20-11-6-4-7-12-20/h4-9,11-14,18-19,23H,10,15-17H2,1-3H3,(H,25,28)(H,26,27). The van der Waals surface area contributed by atoms with Crippen LogP contribution >= 0.6 is 0 Å². The lowest BCUT2D eigenvalue weighted by atomic mass is 10.0. The molecule has 5 heteroatoms. The van der Waals surface area contributed by atoms with E-state index in [4.69, 9.17) is 4.74 Å². The second-order valence-electron chi connectivity index (χ2n) is 7.58. The zero-order valence-corrected chi connectivity index (χ0v) is 17.6. The highest BCUT2D eigenvalue weighted by Crippen LogP contribution is 2.16. The fraction of sp³-hybridized carbons (Fsp3) is 0.417. The first-order valence-corrected chi connectivity index (χ1v) is 10.3. The van der Waals surface area contributed by atoms with Gasteiger partial charge < -0.3 is 15.4 Å². The van der Waals surface area contributed by atoms with E-state index in [-0.39, 0.29) is 23.8 Å². The molecule has 2 unspecified atom stereocenters. The molecule has 29 heavy (non-hydrogen) atoms. The van der Waals surface area contributed by atoms with Gasteiger partial charge >= 0.3 is 0 Å². The predicted molar refractivity (Wildman–Crippen MR) is 115 cm³/mol. The van der Waals surface area contributed by atoms with E-state index in [0.717, 1.165) is 11.1 Å². The summed E-state index contributed by atoms with van der Waals surface area (Å²) in [6, 6.07) is 18.7. The highest BCUT2D eigenvalue weighted by Gasteiger charge is 2.22. The lowest BCUT2D eigenvalue weighted by Gasteiger charge is -2.20. The molecular weight excluding hydrogens is 364 g/mol. The maximum atomic E-state index is 12.7. The van der Waals surface area contributed by atoms with Crippen LogP contribution in [0.1, 0.15) is 56.9 Å². The summed E-state index contributed by atoms with van der Waals surface area (Å²) in [5.74, 6) is -0.0910. The number of hydrogen-bond acceptors (Lipinski definition) is 3. The first-order valence-electron chi connectivity index (χ1n) is 10.3. The second kappa shape index (κ2) is 12.0. The third-order valence-corrected chi connectivity index (χ3v) is 4.55. The number of carbonyl (C=O) groups is 2. The van der Waals surface area contributed by atoms with E-state index in [1.54, 1.807) is 0 Å². The van der Waals surface area contributed by atoms with Gasteiger partial charge in [-0.3, -0.25) is 9.59 Å². The average Bonchev–Trinajstić information content (AvgIpc) is 2.72. The smallest absolute Gasteiger partial charge is 0.247 e. The van der Waals surface area contributed by atoms with E-state index in [1.807, 2.05) is 81.4 Å². The Morgan fingerprint density at radius 3 is 2.07 bits per heavy atom. The molecule has 0 fully saturated rings. The van der Waals surface area contributed by atoms with Crippen LogP contribution in [0.5, 0.6) is 0 Å². The van der Waals surface area contributed by atoms with Gasteiger partial charge in [0.25, 0.3) is 0 Å². The maximum Gasteiger partial charge on any atom is 0.247 e. The number of rotatable bonds is 11. The first kappa shape index (κ1) is 22.6. The Balaban J connectivity index is 1.82. The van der Waals surface area contributed by atoms with Crippen molar-refractivity contribution < 1.29 is 14.3 Å². The van der Waals surface area contributed by atoms with Crippen molar-refractivity contribution in [3.05, 3.63) is 71.8 Å². The summed E-state index contributed by atoms with van der Waals surface area (Å²) in [5, 5.41) is 5.78. The van der Waals surface area contributed by atoms with Crippen LogP contribution in [0, 0.1) is 5.92 Å². The van der Waals surface area contributed by atoms with Gasteiger partial charge in [0.05, 0.1) is 6.10 Å². The summed E-state index contributed by atoms with van der Waals surface area (Å²) >= 11 is 0. The van der Waals surface area contributed by atoms with Crippen molar-refractivity contribution in [1.29, 1.82) is 0 Å². The van der Waals surface area contributed by atoms with Gasteiger partial charge in [-0.05, 0) is 30.4 Å². The van der Waals surface area contributed by atoms with Crippen LogP contribution in [0.2, 0.25) is 0 Å². The molecule has 0 aliphatic heterocycles. The summed E-state index contributed by atoms with van der Waals surface area (Å²) in [6.07, 6.45) is 1.10. The second-order valence-corrected chi connectivity index (χ2v) is 7.58. The SMILES string of the molecule is CC(C)CC(=O)NC(C(=O)NCCCOC(C)c1ccccc1)c1ccccc1. The van der Waals surface area contributed by atoms with Crippen LogP contribution in [0.25, 0.3) is 0 Å². The lowest BCUT2D eigenvalue weighted by Crippen LogP contribution is -2.41. The molecule has 2 N–H and O–H groups in total. The Kier molecular flexibility index (Phi) is 9.38. The van der Waals surface area contributed by atoms with Crippen molar-refractivity contribution in [2.45, 2.75) is 45.8 Å². The molecule has 5 nitrogen and oxygen atoms in total. The van der Waals surface area contributed by atoms with Crippen LogP contribution in [-0.4, -0.2) is 25.0 Å². The van der Waals surface area contributed by atoms with E-state index in [1.165, 1.54) is 0 Å². The number of ether oxygens (including phenoxy) is 1. The van der Waals surface area contributed by atoms with Crippen LogP contribution < -0.4 is 10.6 Å². The van der Waals surface area contributed by atoms with Crippen LogP contribution in [0.15, 0.2) is 60.7 Å². The molecule has 0 saturated carbocycles. The Hall–Kier alpha value is -2.66. The molecule has 0 aliphatic carbocycles. The van der Waals surface area contributed by atoms with Gasteiger partial charge in [-0.25, -0.2) is 0 Å². The van der Waals surface area contributed by atoms with Gasteiger partial charge in [0.15, 0.2) is 0 Å². The van der Waals surface area contributed by atoms with Crippen molar-refractivity contribution in [2.75, 3.05) is 13.2 Å². The molecule has 2 atom stereocenters. The van der Waals surface area contributed by atoms with Gasteiger partial charge in [-0.15, -0.1) is 0 Å². The molecule has 0 aliphatic rings. The predicted octanol–water partition coefficient (Wildman–Crippen LogP) is 4.17. The van der Waals surface area contributed by atoms with E-state index in [9.17, 15) is 9.59 Å². The minimum atomic E-state index is -0.688. The van der Waals surface area contributed by atoms with Crippen molar-refractivity contribution in [2.24, 2.45) is 5.92 Å². The largest absolute Gasteiger partial charge is 0.374 e. The van der Waals surface area contributed by atoms with E-state index in [2.05, 4.69) is 10.6 Å². The van der Waals surface area contributed by atoms with Gasteiger partial charge in [-0.2, -0.15) is 0 Å². The molecule has 0 radical (unpaired) electrons. The summed E-state index contributed by atoms with van der Waals surface area (Å²) in [6.45, 7) is 7.01. The molecule has 0 heterocycles. The highest BCUT2D eigenvalue weighted by molar-refractivity contribution is 5.88. The molecule has 2 rings (SSSR count). The number of benzene rings is 2. The van der Waals surface area contributed by atoms with Gasteiger partial charge in [0.2, 0.25) is 11.8 Å². The van der Waals surface area contributed by atoms with E-state index in [0.29, 0.717) is 26.0 Å². The van der Waals surface area contributed by atoms with Crippen LogP contribution in [0.3, 0.4) is 0 Å². The third kappa shape index (κ3) is 8.08. The van der Waals surface area contributed by atoms with Crippen molar-refractivity contribution in [3.8, 4) is 0 Å². The number of hydrogen-bond donors (Lipinski definition) is 2. The lowest BCUT2D eigenvalue weighted by molar-refractivity contribution is -0.129. The minimum absolute atomic E-state index is 0.0132. The molecule has 156 valence electrons. The topological polar surface area (TPSA) is 67.4 Å². The zero-order valence-electron chi connectivity index (χ0n) is 17.6. The molecule has 2 aromatic carbocycles. The third-order valence-electron chi connectivity index (χ3n) is 4.55. The minimum Gasteiger partial charge on any atom is -0.374 e. The molecule has 0 saturated heterocycles. The molecule has 0 spiro atoms. The zero-order chi connectivity index (χ0) is 21.1. The molecular formula is C24H32N2O3. The normalized spacial score (nSPS) is 13.0. The molecule has 0 bridgehead atoms. The van der Waals surface area contributed by atoms with Crippen LogP contribution in [-0.2, 0) is 14.3 Å². The quantitative estimate of drug-likeness (QED) is 0.560. The first-order chi connectivity index (χ1) is 14.0. The Morgan fingerprint density at radius 1 is 0.897 bits per heavy atom. The number of carbonyl (C=O) groups excluding carboxylic acids is 2. The van der Waals surface area contributed by atoms with Crippen LogP contribution in [0.4, 0.5) is 0 Å². The highest BCUT2D eigenvalue weighted by atomic mass is 16.5. The van der Waals surface area contributed by atoms with Gasteiger partial charge in [0, 0.05) is 19.6 Å². The Labute approximate surface area is 173 Å². The summed E-state index contributed by atoms with van der Waals surface area (Å²) in [4.78, 5) is 24.9. The van der Waals surface area contributed by atoms with Crippen molar-refractivity contribution in [3.63, 3.8) is 0 Å². The maximum absolute atomic E-state index is 12.7. The molecule has 2 aromatic rings. The van der Waals surface area contributed by atoms with Crippen molar-refractivity contribution in [1.82, 2.24) is 10.6 Å². The Morgan fingerprint density at radius 2 is 1.48 bits per heavy atom. The summed E-state index contributed by atoms with van der Waals surface area (Å²) in [5.41, 5.74) is 1.91. The van der Waals surface area contributed by atoms with Gasteiger partial charge in [0.1, 0.15) is 6.04 Å². The summed E-state index contributed by atoms with van der Waals surface area (Å²) in [7, 11) is 0. The molecule has 0 aromatic heterocycles. The number of nitrogens with one attached hydrogen (secondary N) is 2. The average molecular weight is 397 g/mol. The number of amides is 2. The van der Waals surface area contributed by atoms with E-state index >= 15 is 0 Å². The molecule has 2 amide bonds. The van der Waals surface area contributed by atoms with E-state index < -0.39 is 6.04 Å². The van der Waals surface area contributed by atoms with Crippen molar-refractivity contribution >= 4 is 11.8 Å². The summed E-state index contributed by atoms with van der Waals surface area (Å²) < 4.78 is 5.84. The fourth-order valence-electron chi connectivity index (χ4n) is 3.00. The van der Waals surface area contributed by atoms with Gasteiger partial charge in [-0.1, -0.05) is 74.5 Å². The fourth-order valence-corrected chi connectivity index (χ4v) is 3.00. The Bertz CT molecular complexity index is 747. The monoisotopic (exact) mass is 396 g/mol.